The predicted molar refractivity (Wildman–Crippen MR) is 149 cm³/mol. The molecule has 3 aromatic heterocycles. The minimum atomic E-state index is -0.110. The molecule has 1 amide bonds. The van der Waals surface area contributed by atoms with Gasteiger partial charge in [0.1, 0.15) is 5.82 Å². The number of pyridine rings is 3. The molecule has 7 nitrogen and oxygen atoms in total. The van der Waals surface area contributed by atoms with Crippen LogP contribution in [-0.2, 0) is 6.54 Å². The van der Waals surface area contributed by atoms with Gasteiger partial charge in [0, 0.05) is 47.2 Å². The first-order valence-electron chi connectivity index (χ1n) is 12.7. The van der Waals surface area contributed by atoms with Gasteiger partial charge in [-0.15, -0.1) is 11.8 Å². The van der Waals surface area contributed by atoms with Crippen molar-refractivity contribution in [1.29, 1.82) is 0 Å². The summed E-state index contributed by atoms with van der Waals surface area (Å²) in [5.41, 5.74) is 5.41. The minimum absolute atomic E-state index is 0.110. The van der Waals surface area contributed by atoms with Crippen molar-refractivity contribution in [2.45, 2.75) is 36.7 Å². The third-order valence-electron chi connectivity index (χ3n) is 7.28. The van der Waals surface area contributed by atoms with Gasteiger partial charge in [0.05, 0.1) is 29.1 Å². The van der Waals surface area contributed by atoms with E-state index >= 15 is 0 Å². The van der Waals surface area contributed by atoms with Crippen molar-refractivity contribution in [3.63, 3.8) is 0 Å². The number of hydrogen-bond donors (Lipinski definition) is 2. The van der Waals surface area contributed by atoms with Crippen molar-refractivity contribution in [1.82, 2.24) is 25.6 Å². The highest BCUT2D eigenvalue weighted by molar-refractivity contribution is 7.98. The SMILES string of the molecule is CSc1cc(C(=O)NCc2cc3nc(-c4cccc(N5CCNC6(CC6)C5)n4)ccc3cn2)ccc1C. The van der Waals surface area contributed by atoms with Crippen LogP contribution < -0.4 is 15.5 Å². The molecule has 6 rings (SSSR count). The topological polar surface area (TPSA) is 83.0 Å². The van der Waals surface area contributed by atoms with Gasteiger partial charge in [-0.25, -0.2) is 9.97 Å². The largest absolute Gasteiger partial charge is 0.353 e. The highest BCUT2D eigenvalue weighted by Gasteiger charge is 2.45. The van der Waals surface area contributed by atoms with E-state index < -0.39 is 0 Å². The zero-order valence-electron chi connectivity index (χ0n) is 21.1. The summed E-state index contributed by atoms with van der Waals surface area (Å²) in [5.74, 6) is 0.895. The second-order valence-electron chi connectivity index (χ2n) is 9.94. The smallest absolute Gasteiger partial charge is 0.251 e. The van der Waals surface area contributed by atoms with Crippen LogP contribution in [0.1, 0.15) is 34.5 Å². The first-order chi connectivity index (χ1) is 18.0. The lowest BCUT2D eigenvalue weighted by molar-refractivity contribution is 0.0950. The molecule has 1 aliphatic carbocycles. The molecule has 1 spiro atoms. The van der Waals surface area contributed by atoms with E-state index in [4.69, 9.17) is 9.97 Å². The number of anilines is 1. The monoisotopic (exact) mass is 510 g/mol. The van der Waals surface area contributed by atoms with Crippen LogP contribution in [0.15, 0.2) is 65.7 Å². The maximum Gasteiger partial charge on any atom is 0.251 e. The Morgan fingerprint density at radius 2 is 1.97 bits per heavy atom. The molecule has 2 aliphatic rings. The van der Waals surface area contributed by atoms with Crippen LogP contribution in [0.5, 0.6) is 0 Å². The van der Waals surface area contributed by atoms with Crippen molar-refractivity contribution < 1.29 is 4.79 Å². The van der Waals surface area contributed by atoms with Gasteiger partial charge in [-0.05, 0) is 74.0 Å². The second-order valence-corrected chi connectivity index (χ2v) is 10.8. The Morgan fingerprint density at radius 3 is 2.81 bits per heavy atom. The maximum absolute atomic E-state index is 12.7. The molecule has 1 saturated carbocycles. The second kappa shape index (κ2) is 9.76. The Balaban J connectivity index is 1.19. The molecular formula is C29H30N6OS. The number of amides is 1. The first-order valence-corrected chi connectivity index (χ1v) is 13.9. The summed E-state index contributed by atoms with van der Waals surface area (Å²) >= 11 is 1.64. The van der Waals surface area contributed by atoms with Crippen LogP contribution in [0.4, 0.5) is 5.82 Å². The number of benzene rings is 1. The average molecular weight is 511 g/mol. The molecular weight excluding hydrogens is 480 g/mol. The fourth-order valence-electron chi connectivity index (χ4n) is 4.91. The number of fused-ring (bicyclic) bond motifs is 1. The van der Waals surface area contributed by atoms with E-state index in [2.05, 4.69) is 32.7 Å². The normalized spacial score (nSPS) is 16.2. The zero-order chi connectivity index (χ0) is 25.4. The predicted octanol–water partition coefficient (Wildman–Crippen LogP) is 4.59. The Bertz CT molecular complexity index is 1480. The van der Waals surface area contributed by atoms with Crippen LogP contribution in [0.2, 0.25) is 0 Å². The molecule has 4 aromatic rings. The van der Waals surface area contributed by atoms with Gasteiger partial charge in [0.25, 0.3) is 5.91 Å². The van der Waals surface area contributed by atoms with Crippen molar-refractivity contribution in [2.75, 3.05) is 30.8 Å². The summed E-state index contributed by atoms with van der Waals surface area (Å²) in [5, 5.41) is 7.61. The van der Waals surface area contributed by atoms with Gasteiger partial charge in [-0.1, -0.05) is 12.1 Å². The van der Waals surface area contributed by atoms with E-state index in [0.717, 1.165) is 58.3 Å². The Hall–Kier alpha value is -3.49. The molecule has 1 saturated heterocycles. The van der Waals surface area contributed by atoms with E-state index in [9.17, 15) is 4.79 Å². The molecule has 0 bridgehead atoms. The van der Waals surface area contributed by atoms with E-state index in [1.54, 1.807) is 11.8 Å². The van der Waals surface area contributed by atoms with Crippen molar-refractivity contribution in [3.05, 3.63) is 77.6 Å². The Kier molecular flexibility index (Phi) is 6.30. The summed E-state index contributed by atoms with van der Waals surface area (Å²) in [4.78, 5) is 30.6. The highest BCUT2D eigenvalue weighted by Crippen LogP contribution is 2.38. The molecule has 1 aliphatic heterocycles. The van der Waals surface area contributed by atoms with Gasteiger partial charge in [-0.3, -0.25) is 9.78 Å². The van der Waals surface area contributed by atoms with Gasteiger partial charge in [0.15, 0.2) is 0 Å². The number of hydrogen-bond acceptors (Lipinski definition) is 7. The summed E-state index contributed by atoms with van der Waals surface area (Å²) in [6.07, 6.45) is 6.32. The third-order valence-corrected chi connectivity index (χ3v) is 8.16. The van der Waals surface area contributed by atoms with Crippen LogP contribution in [0.3, 0.4) is 0 Å². The van der Waals surface area contributed by atoms with E-state index in [1.807, 2.05) is 61.8 Å². The van der Waals surface area contributed by atoms with Crippen molar-refractivity contribution >= 4 is 34.4 Å². The molecule has 0 radical (unpaired) electrons. The van der Waals surface area contributed by atoms with E-state index in [1.165, 1.54) is 18.4 Å². The summed E-state index contributed by atoms with van der Waals surface area (Å²) in [6, 6.07) is 17.9. The van der Waals surface area contributed by atoms with Crippen LogP contribution in [0.25, 0.3) is 22.3 Å². The van der Waals surface area contributed by atoms with Gasteiger partial charge in [0.2, 0.25) is 0 Å². The third kappa shape index (κ3) is 5.04. The van der Waals surface area contributed by atoms with Crippen molar-refractivity contribution in [3.8, 4) is 11.4 Å². The van der Waals surface area contributed by atoms with Gasteiger partial charge >= 0.3 is 0 Å². The number of carbonyl (C=O) groups is 1. The maximum atomic E-state index is 12.7. The minimum Gasteiger partial charge on any atom is -0.353 e. The van der Waals surface area contributed by atoms with Crippen LogP contribution in [0, 0.1) is 6.92 Å². The number of rotatable bonds is 6. The summed E-state index contributed by atoms with van der Waals surface area (Å²) < 4.78 is 0. The molecule has 0 unspecified atom stereocenters. The number of thioether (sulfide) groups is 1. The lowest BCUT2D eigenvalue weighted by Gasteiger charge is -2.35. The molecule has 4 heterocycles. The highest BCUT2D eigenvalue weighted by atomic mass is 32.2. The zero-order valence-corrected chi connectivity index (χ0v) is 21.9. The quantitative estimate of drug-likeness (QED) is 0.367. The van der Waals surface area contributed by atoms with Gasteiger partial charge in [-0.2, -0.15) is 0 Å². The Morgan fingerprint density at radius 1 is 1.11 bits per heavy atom. The standard InChI is InChI=1S/C29H30N6OS/c1-19-6-7-20(14-26(19)37-2)28(36)31-17-22-15-25-21(16-30-22)8-9-24(33-25)23-4-3-5-27(34-23)35-13-12-32-29(18-35)10-11-29/h3-9,14-16,32H,10-13,17-18H2,1-2H3,(H,31,36). The fourth-order valence-corrected chi connectivity index (χ4v) is 5.55. The Labute approximate surface area is 221 Å². The number of nitrogens with one attached hydrogen (secondary N) is 2. The lowest BCUT2D eigenvalue weighted by Crippen LogP contribution is -2.52. The molecule has 188 valence electrons. The summed E-state index contributed by atoms with van der Waals surface area (Å²) in [6.45, 7) is 5.35. The number of aryl methyl sites for hydroxylation is 1. The number of piperazine rings is 1. The average Bonchev–Trinajstić information content (AvgIpc) is 3.69. The van der Waals surface area contributed by atoms with E-state index in [-0.39, 0.29) is 5.91 Å². The van der Waals surface area contributed by atoms with Crippen LogP contribution in [-0.4, -0.2) is 52.3 Å². The fraction of sp³-hybridized carbons (Fsp3) is 0.310. The number of nitrogens with zero attached hydrogens (tertiary/aromatic N) is 4. The van der Waals surface area contributed by atoms with Crippen LogP contribution >= 0.6 is 11.8 Å². The molecule has 1 aromatic carbocycles. The molecule has 2 N–H and O–H groups in total. The molecule has 8 heteroatoms. The molecule has 2 fully saturated rings. The van der Waals surface area contributed by atoms with Gasteiger partial charge < -0.3 is 15.5 Å². The molecule has 0 atom stereocenters. The first kappa shape index (κ1) is 23.9. The number of carbonyl (C=O) groups excluding carboxylic acids is 1. The lowest BCUT2D eigenvalue weighted by atomic mass is 10.1. The summed E-state index contributed by atoms with van der Waals surface area (Å²) in [7, 11) is 0. The molecule has 37 heavy (non-hydrogen) atoms. The van der Waals surface area contributed by atoms with E-state index in [0.29, 0.717) is 17.6 Å². The number of aromatic nitrogens is 3. The van der Waals surface area contributed by atoms with Crippen molar-refractivity contribution in [2.24, 2.45) is 0 Å².